The van der Waals surface area contributed by atoms with E-state index in [9.17, 15) is 5.11 Å². The first-order valence-corrected chi connectivity index (χ1v) is 7.08. The predicted octanol–water partition coefficient (Wildman–Crippen LogP) is 3.07. The minimum absolute atomic E-state index is 0.364. The normalized spacial score (nSPS) is 23.4. The van der Waals surface area contributed by atoms with Crippen molar-refractivity contribution in [2.24, 2.45) is 11.8 Å². The molecule has 0 amide bonds. The topological polar surface area (TPSA) is 23.5 Å². The van der Waals surface area contributed by atoms with Crippen LogP contribution in [-0.4, -0.2) is 36.2 Å². The maximum Gasteiger partial charge on any atom is 0.0471 e. The molecule has 0 aliphatic carbocycles. The smallest absolute Gasteiger partial charge is 0.0471 e. The van der Waals surface area contributed by atoms with Crippen LogP contribution in [0.2, 0.25) is 0 Å². The van der Waals surface area contributed by atoms with Gasteiger partial charge in [0, 0.05) is 19.7 Å². The Morgan fingerprint density at radius 1 is 1.47 bits per heavy atom. The fourth-order valence-corrected chi connectivity index (χ4v) is 2.65. The number of hydrogen-bond acceptors (Lipinski definition) is 2. The Bertz CT molecular complexity index is 233. The van der Waals surface area contributed by atoms with Crippen molar-refractivity contribution in [3.63, 3.8) is 0 Å². The molecule has 1 fully saturated rings. The number of piperidine rings is 1. The highest BCUT2D eigenvalue weighted by molar-refractivity contribution is 4.92. The fraction of sp³-hybridized carbons (Fsp3) is 0.867. The first-order chi connectivity index (χ1) is 8.11. The minimum atomic E-state index is 0.364. The zero-order chi connectivity index (χ0) is 12.7. The molecule has 1 aliphatic rings. The Kier molecular flexibility index (Phi) is 6.83. The second-order valence-electron chi connectivity index (χ2n) is 5.91. The van der Waals surface area contributed by atoms with Crippen LogP contribution in [0.1, 0.15) is 46.5 Å². The van der Waals surface area contributed by atoms with Gasteiger partial charge in [-0.2, -0.15) is 0 Å². The molecule has 1 heterocycles. The van der Waals surface area contributed by atoms with E-state index in [0.717, 1.165) is 12.5 Å². The minimum Gasteiger partial charge on any atom is -0.396 e. The van der Waals surface area contributed by atoms with E-state index in [-0.39, 0.29) is 0 Å². The molecular formula is C15H29NO. The standard InChI is InChI=1S/C15H29NO/c1-13(2)6-4-7-14(3)10-16-9-5-8-15(11-16)12-17/h6,14-15,17H,4-5,7-12H2,1-3H3/t14-,15+/m0/s1. The monoisotopic (exact) mass is 239 g/mol. The lowest BCUT2D eigenvalue weighted by Crippen LogP contribution is -2.39. The molecule has 1 saturated heterocycles. The lowest BCUT2D eigenvalue weighted by atomic mass is 9.97. The second-order valence-corrected chi connectivity index (χ2v) is 5.91. The van der Waals surface area contributed by atoms with Gasteiger partial charge in [0.25, 0.3) is 0 Å². The molecule has 0 unspecified atom stereocenters. The zero-order valence-corrected chi connectivity index (χ0v) is 11.8. The van der Waals surface area contributed by atoms with Crippen LogP contribution in [0.3, 0.4) is 0 Å². The molecule has 17 heavy (non-hydrogen) atoms. The van der Waals surface area contributed by atoms with Crippen LogP contribution in [0.5, 0.6) is 0 Å². The molecule has 1 rings (SSSR count). The Labute approximate surface area is 107 Å². The summed E-state index contributed by atoms with van der Waals surface area (Å²) >= 11 is 0. The highest BCUT2D eigenvalue weighted by Crippen LogP contribution is 2.18. The molecule has 0 aromatic heterocycles. The van der Waals surface area contributed by atoms with E-state index in [2.05, 4.69) is 31.7 Å². The quantitative estimate of drug-likeness (QED) is 0.720. The number of nitrogens with zero attached hydrogens (tertiary/aromatic N) is 1. The first-order valence-electron chi connectivity index (χ1n) is 7.08. The number of aliphatic hydroxyl groups is 1. The third-order valence-electron chi connectivity index (χ3n) is 3.64. The summed E-state index contributed by atoms with van der Waals surface area (Å²) in [5, 5.41) is 9.21. The van der Waals surface area contributed by atoms with Crippen LogP contribution in [0.4, 0.5) is 0 Å². The molecule has 0 radical (unpaired) electrons. The van der Waals surface area contributed by atoms with Gasteiger partial charge < -0.3 is 10.0 Å². The second kappa shape index (κ2) is 7.88. The zero-order valence-electron chi connectivity index (χ0n) is 11.8. The average Bonchev–Trinajstić information content (AvgIpc) is 2.28. The van der Waals surface area contributed by atoms with E-state index in [1.807, 2.05) is 0 Å². The third kappa shape index (κ3) is 6.23. The van der Waals surface area contributed by atoms with E-state index in [1.54, 1.807) is 0 Å². The molecule has 100 valence electrons. The summed E-state index contributed by atoms with van der Waals surface area (Å²) in [4.78, 5) is 2.54. The van der Waals surface area contributed by atoms with Gasteiger partial charge in [0.2, 0.25) is 0 Å². The summed E-state index contributed by atoms with van der Waals surface area (Å²) in [6.07, 6.45) is 7.29. The summed E-state index contributed by atoms with van der Waals surface area (Å²) in [6.45, 7) is 10.6. The largest absolute Gasteiger partial charge is 0.396 e. The lowest BCUT2D eigenvalue weighted by molar-refractivity contribution is 0.109. The number of hydrogen-bond donors (Lipinski definition) is 1. The van der Waals surface area contributed by atoms with Crippen molar-refractivity contribution in [1.82, 2.24) is 4.90 Å². The van der Waals surface area contributed by atoms with Gasteiger partial charge in [0.15, 0.2) is 0 Å². The van der Waals surface area contributed by atoms with E-state index < -0.39 is 0 Å². The van der Waals surface area contributed by atoms with Crippen LogP contribution in [-0.2, 0) is 0 Å². The first kappa shape index (κ1) is 14.7. The summed E-state index contributed by atoms with van der Waals surface area (Å²) in [5.41, 5.74) is 1.43. The van der Waals surface area contributed by atoms with Crippen molar-refractivity contribution in [1.29, 1.82) is 0 Å². The van der Waals surface area contributed by atoms with E-state index >= 15 is 0 Å². The summed E-state index contributed by atoms with van der Waals surface area (Å²) < 4.78 is 0. The molecular weight excluding hydrogens is 210 g/mol. The summed E-state index contributed by atoms with van der Waals surface area (Å²) in [7, 11) is 0. The molecule has 0 aromatic carbocycles. The third-order valence-corrected chi connectivity index (χ3v) is 3.64. The summed E-state index contributed by atoms with van der Waals surface area (Å²) in [6, 6.07) is 0. The average molecular weight is 239 g/mol. The summed E-state index contributed by atoms with van der Waals surface area (Å²) in [5.74, 6) is 1.29. The number of likely N-dealkylation sites (tertiary alicyclic amines) is 1. The van der Waals surface area contributed by atoms with Gasteiger partial charge in [-0.1, -0.05) is 18.6 Å². The molecule has 2 heteroatoms. The van der Waals surface area contributed by atoms with Crippen LogP contribution >= 0.6 is 0 Å². The number of aliphatic hydroxyl groups excluding tert-OH is 1. The maximum atomic E-state index is 9.21. The number of allylic oxidation sites excluding steroid dienone is 2. The van der Waals surface area contributed by atoms with E-state index in [1.165, 1.54) is 44.3 Å². The van der Waals surface area contributed by atoms with Crippen molar-refractivity contribution < 1.29 is 5.11 Å². The molecule has 2 atom stereocenters. The molecule has 1 N–H and O–H groups in total. The number of rotatable bonds is 6. The molecule has 0 saturated carbocycles. The van der Waals surface area contributed by atoms with E-state index in [4.69, 9.17) is 0 Å². The van der Waals surface area contributed by atoms with Crippen molar-refractivity contribution in [2.45, 2.75) is 46.5 Å². The maximum absolute atomic E-state index is 9.21. The molecule has 2 nitrogen and oxygen atoms in total. The van der Waals surface area contributed by atoms with Gasteiger partial charge in [-0.25, -0.2) is 0 Å². The van der Waals surface area contributed by atoms with Gasteiger partial charge in [0.1, 0.15) is 0 Å². The highest BCUT2D eigenvalue weighted by atomic mass is 16.3. The Balaban J connectivity index is 2.21. The van der Waals surface area contributed by atoms with Gasteiger partial charge >= 0.3 is 0 Å². The van der Waals surface area contributed by atoms with Crippen molar-refractivity contribution in [2.75, 3.05) is 26.2 Å². The van der Waals surface area contributed by atoms with Gasteiger partial charge in [0.05, 0.1) is 0 Å². The van der Waals surface area contributed by atoms with Gasteiger partial charge in [-0.05, 0) is 57.9 Å². The Morgan fingerprint density at radius 3 is 2.88 bits per heavy atom. The van der Waals surface area contributed by atoms with Crippen LogP contribution < -0.4 is 0 Å². The van der Waals surface area contributed by atoms with Crippen molar-refractivity contribution in [3.05, 3.63) is 11.6 Å². The van der Waals surface area contributed by atoms with Crippen LogP contribution in [0, 0.1) is 11.8 Å². The van der Waals surface area contributed by atoms with Crippen LogP contribution in [0.25, 0.3) is 0 Å². The Hall–Kier alpha value is -0.340. The lowest BCUT2D eigenvalue weighted by Gasteiger charge is -2.33. The molecule has 0 spiro atoms. The predicted molar refractivity (Wildman–Crippen MR) is 74.1 cm³/mol. The molecule has 0 aromatic rings. The highest BCUT2D eigenvalue weighted by Gasteiger charge is 2.20. The Morgan fingerprint density at radius 2 is 2.24 bits per heavy atom. The SMILES string of the molecule is CC(C)=CCC[C@H](C)CN1CCC[C@@H](CO)C1. The van der Waals surface area contributed by atoms with E-state index in [0.29, 0.717) is 12.5 Å². The van der Waals surface area contributed by atoms with Crippen molar-refractivity contribution >= 4 is 0 Å². The fourth-order valence-electron chi connectivity index (χ4n) is 2.65. The van der Waals surface area contributed by atoms with Crippen LogP contribution in [0.15, 0.2) is 11.6 Å². The van der Waals surface area contributed by atoms with Gasteiger partial charge in [-0.15, -0.1) is 0 Å². The van der Waals surface area contributed by atoms with Crippen molar-refractivity contribution in [3.8, 4) is 0 Å². The molecule has 0 bridgehead atoms. The van der Waals surface area contributed by atoms with Gasteiger partial charge in [-0.3, -0.25) is 0 Å². The molecule has 1 aliphatic heterocycles.